The first-order valence-electron chi connectivity index (χ1n) is 6.95. The Kier molecular flexibility index (Phi) is 5.49. The lowest BCUT2D eigenvalue weighted by atomic mass is 10.1. The summed E-state index contributed by atoms with van der Waals surface area (Å²) in [6, 6.07) is 12.5. The average molecular weight is 304 g/mol. The third-order valence-electron chi connectivity index (χ3n) is 3.04. The lowest BCUT2D eigenvalue weighted by molar-refractivity contribution is 0.0515. The van der Waals surface area contributed by atoms with E-state index in [9.17, 15) is 14.3 Å². The van der Waals surface area contributed by atoms with E-state index in [1.807, 2.05) is 0 Å². The number of benzene rings is 2. The Morgan fingerprint density at radius 2 is 1.86 bits per heavy atom. The van der Waals surface area contributed by atoms with Gasteiger partial charge in [-0.05, 0) is 25.1 Å². The van der Waals surface area contributed by atoms with Crippen LogP contribution in [0.5, 0.6) is 5.75 Å². The van der Waals surface area contributed by atoms with Crippen LogP contribution in [0.3, 0.4) is 0 Å². The van der Waals surface area contributed by atoms with Gasteiger partial charge in [0.25, 0.3) is 0 Å². The molecule has 2 aromatic rings. The fraction of sp³-hybridized carbons (Fsp3) is 0.235. The molecular weight excluding hydrogens is 287 g/mol. The number of aliphatic hydroxyl groups excluding tert-OH is 1. The largest absolute Gasteiger partial charge is 0.490 e. The second-order valence-corrected chi connectivity index (χ2v) is 4.56. The van der Waals surface area contributed by atoms with Gasteiger partial charge in [0.2, 0.25) is 0 Å². The average Bonchev–Trinajstić information content (AvgIpc) is 2.53. The van der Waals surface area contributed by atoms with Crippen molar-refractivity contribution in [2.24, 2.45) is 0 Å². The van der Waals surface area contributed by atoms with Gasteiger partial charge >= 0.3 is 5.97 Å². The molecule has 0 aliphatic carbocycles. The van der Waals surface area contributed by atoms with Crippen molar-refractivity contribution in [1.82, 2.24) is 0 Å². The van der Waals surface area contributed by atoms with Gasteiger partial charge in [-0.1, -0.05) is 30.3 Å². The summed E-state index contributed by atoms with van der Waals surface area (Å²) in [6.45, 7) is 1.80. The number of hydrogen-bond acceptors (Lipinski definition) is 4. The lowest BCUT2D eigenvalue weighted by Crippen LogP contribution is -2.14. The molecule has 0 saturated carbocycles. The van der Waals surface area contributed by atoms with Crippen LogP contribution in [-0.2, 0) is 4.74 Å². The number of aliphatic hydroxyl groups is 1. The Hall–Kier alpha value is -2.40. The molecule has 2 aromatic carbocycles. The predicted octanol–water partition coefficient (Wildman–Crippen LogP) is 3.11. The third kappa shape index (κ3) is 3.83. The van der Waals surface area contributed by atoms with Crippen molar-refractivity contribution in [1.29, 1.82) is 0 Å². The van der Waals surface area contributed by atoms with Gasteiger partial charge < -0.3 is 14.6 Å². The Labute approximate surface area is 128 Å². The fourth-order valence-electron chi connectivity index (χ4n) is 1.97. The van der Waals surface area contributed by atoms with Gasteiger partial charge in [-0.25, -0.2) is 9.18 Å². The van der Waals surface area contributed by atoms with E-state index in [4.69, 9.17) is 9.47 Å². The van der Waals surface area contributed by atoms with Crippen LogP contribution in [-0.4, -0.2) is 24.3 Å². The Bertz CT molecular complexity index is 642. The van der Waals surface area contributed by atoms with Crippen molar-refractivity contribution in [3.63, 3.8) is 0 Å². The molecule has 4 nitrogen and oxygen atoms in total. The van der Waals surface area contributed by atoms with E-state index in [0.717, 1.165) is 0 Å². The molecule has 0 bridgehead atoms. The summed E-state index contributed by atoms with van der Waals surface area (Å²) < 4.78 is 24.0. The van der Waals surface area contributed by atoms with Gasteiger partial charge in [-0.3, -0.25) is 0 Å². The maximum absolute atomic E-state index is 13.6. The van der Waals surface area contributed by atoms with Crippen molar-refractivity contribution in [3.05, 3.63) is 65.5 Å². The molecule has 1 atom stereocenters. The minimum absolute atomic E-state index is 0.149. The zero-order chi connectivity index (χ0) is 15.9. The van der Waals surface area contributed by atoms with Crippen molar-refractivity contribution >= 4 is 5.97 Å². The first-order chi connectivity index (χ1) is 10.6. The highest BCUT2D eigenvalue weighted by Gasteiger charge is 2.16. The van der Waals surface area contributed by atoms with Crippen LogP contribution in [0, 0.1) is 5.82 Å². The number of hydrogen-bond donors (Lipinski definition) is 1. The summed E-state index contributed by atoms with van der Waals surface area (Å²) in [7, 11) is 0. The fourth-order valence-corrected chi connectivity index (χ4v) is 1.97. The van der Waals surface area contributed by atoms with E-state index in [2.05, 4.69) is 0 Å². The summed E-state index contributed by atoms with van der Waals surface area (Å²) in [5.41, 5.74) is 0.418. The standard InChI is InChI=1S/C17H17FO4/c1-2-21-17(20)13-8-4-6-10-16(13)22-11-15(19)12-7-3-5-9-14(12)18/h3-10,15,19H,2,11H2,1H3. The van der Waals surface area contributed by atoms with Crippen molar-refractivity contribution in [2.45, 2.75) is 13.0 Å². The van der Waals surface area contributed by atoms with Gasteiger partial charge in [-0.2, -0.15) is 0 Å². The smallest absolute Gasteiger partial charge is 0.341 e. The molecule has 22 heavy (non-hydrogen) atoms. The number of para-hydroxylation sites is 1. The number of carbonyl (C=O) groups excluding carboxylic acids is 1. The molecule has 1 unspecified atom stereocenters. The quantitative estimate of drug-likeness (QED) is 0.833. The van der Waals surface area contributed by atoms with Crippen molar-refractivity contribution < 1.29 is 23.8 Å². The summed E-state index contributed by atoms with van der Waals surface area (Å²) in [5, 5.41) is 10.0. The minimum atomic E-state index is -1.13. The normalized spacial score (nSPS) is 11.8. The first-order valence-corrected chi connectivity index (χ1v) is 6.95. The van der Waals surface area contributed by atoms with E-state index in [1.54, 1.807) is 43.3 Å². The molecule has 0 aliphatic rings. The molecule has 0 heterocycles. The molecular formula is C17H17FO4. The Balaban J connectivity index is 2.09. The van der Waals surface area contributed by atoms with Crippen LogP contribution in [0.1, 0.15) is 28.9 Å². The molecule has 0 aromatic heterocycles. The summed E-state index contributed by atoms with van der Waals surface area (Å²) in [6.07, 6.45) is -1.13. The molecule has 0 fully saturated rings. The molecule has 0 spiro atoms. The second-order valence-electron chi connectivity index (χ2n) is 4.56. The molecule has 2 rings (SSSR count). The first kappa shape index (κ1) is 16.0. The predicted molar refractivity (Wildman–Crippen MR) is 79.3 cm³/mol. The zero-order valence-corrected chi connectivity index (χ0v) is 12.2. The third-order valence-corrected chi connectivity index (χ3v) is 3.04. The van der Waals surface area contributed by atoms with E-state index in [0.29, 0.717) is 0 Å². The maximum atomic E-state index is 13.6. The van der Waals surface area contributed by atoms with E-state index >= 15 is 0 Å². The topological polar surface area (TPSA) is 55.8 Å². The number of esters is 1. The zero-order valence-electron chi connectivity index (χ0n) is 12.2. The number of carbonyl (C=O) groups is 1. The van der Waals surface area contributed by atoms with Gasteiger partial charge in [0.05, 0.1) is 6.61 Å². The van der Waals surface area contributed by atoms with Gasteiger partial charge in [0.1, 0.15) is 29.8 Å². The van der Waals surface area contributed by atoms with E-state index in [-0.39, 0.29) is 30.1 Å². The van der Waals surface area contributed by atoms with E-state index in [1.165, 1.54) is 12.1 Å². The van der Waals surface area contributed by atoms with Crippen LogP contribution < -0.4 is 4.74 Å². The molecule has 0 aliphatic heterocycles. The molecule has 0 amide bonds. The van der Waals surface area contributed by atoms with Gasteiger partial charge in [0, 0.05) is 5.56 Å². The van der Waals surface area contributed by atoms with E-state index < -0.39 is 17.9 Å². The molecule has 5 heteroatoms. The Morgan fingerprint density at radius 3 is 2.59 bits per heavy atom. The monoisotopic (exact) mass is 304 g/mol. The highest BCUT2D eigenvalue weighted by Crippen LogP contribution is 2.22. The Morgan fingerprint density at radius 1 is 1.18 bits per heavy atom. The molecule has 116 valence electrons. The van der Waals surface area contributed by atoms with Crippen LogP contribution in [0.2, 0.25) is 0 Å². The van der Waals surface area contributed by atoms with Gasteiger partial charge in [-0.15, -0.1) is 0 Å². The van der Waals surface area contributed by atoms with Crippen molar-refractivity contribution in [3.8, 4) is 5.75 Å². The second kappa shape index (κ2) is 7.56. The highest BCUT2D eigenvalue weighted by atomic mass is 19.1. The van der Waals surface area contributed by atoms with Gasteiger partial charge in [0.15, 0.2) is 0 Å². The summed E-state index contributed by atoms with van der Waals surface area (Å²) in [4.78, 5) is 11.8. The van der Waals surface area contributed by atoms with Crippen LogP contribution in [0.4, 0.5) is 4.39 Å². The van der Waals surface area contributed by atoms with Crippen LogP contribution in [0.15, 0.2) is 48.5 Å². The molecule has 0 radical (unpaired) electrons. The number of ether oxygens (including phenoxy) is 2. The number of halogens is 1. The van der Waals surface area contributed by atoms with Crippen LogP contribution in [0.25, 0.3) is 0 Å². The lowest BCUT2D eigenvalue weighted by Gasteiger charge is -2.15. The minimum Gasteiger partial charge on any atom is -0.490 e. The summed E-state index contributed by atoms with van der Waals surface area (Å²) >= 11 is 0. The summed E-state index contributed by atoms with van der Waals surface area (Å²) in [5.74, 6) is -0.716. The van der Waals surface area contributed by atoms with Crippen LogP contribution >= 0.6 is 0 Å². The number of rotatable bonds is 6. The molecule has 1 N–H and O–H groups in total. The highest BCUT2D eigenvalue weighted by molar-refractivity contribution is 5.92. The molecule has 0 saturated heterocycles. The van der Waals surface area contributed by atoms with Crippen molar-refractivity contribution in [2.75, 3.05) is 13.2 Å². The maximum Gasteiger partial charge on any atom is 0.341 e. The SMILES string of the molecule is CCOC(=O)c1ccccc1OCC(O)c1ccccc1F.